The summed E-state index contributed by atoms with van der Waals surface area (Å²) < 4.78 is 0. The van der Waals surface area contributed by atoms with Crippen molar-refractivity contribution in [3.05, 3.63) is 23.9 Å². The highest BCUT2D eigenvalue weighted by molar-refractivity contribution is 5.94. The number of pyridine rings is 1. The van der Waals surface area contributed by atoms with Crippen molar-refractivity contribution < 1.29 is 14.7 Å². The molecule has 2 aliphatic heterocycles. The molecule has 8 nitrogen and oxygen atoms in total. The Kier molecular flexibility index (Phi) is 7.44. The maximum atomic E-state index is 11.9. The van der Waals surface area contributed by atoms with Gasteiger partial charge in [0.1, 0.15) is 5.82 Å². The van der Waals surface area contributed by atoms with Crippen LogP contribution in [0.5, 0.6) is 0 Å². The number of carbonyl (C=O) groups is 2. The quantitative estimate of drug-likeness (QED) is 0.706. The highest BCUT2D eigenvalue weighted by Crippen LogP contribution is 2.29. The predicted octanol–water partition coefficient (Wildman–Crippen LogP) is 1.14. The molecule has 3 rings (SSSR count). The number of amides is 1. The number of nitrogens with zero attached hydrogens (tertiary/aromatic N) is 4. The standard InChI is InChI=1S/C21H33N5O3/c1-3-22-21(29)16-4-6-19(23-14-16)26-9-8-18(17(15-26)5-7-20(27)28)25-12-10-24(2)11-13-25/h4,6,14,17-18H,3,5,7-13,15H2,1-2H3,(H,22,29)(H,27,28)/t17-,18+/m1/s1. The van der Waals surface area contributed by atoms with Crippen LogP contribution in [0.2, 0.25) is 0 Å². The lowest BCUT2D eigenvalue weighted by Crippen LogP contribution is -2.56. The molecule has 29 heavy (non-hydrogen) atoms. The van der Waals surface area contributed by atoms with Crippen molar-refractivity contribution in [3.63, 3.8) is 0 Å². The average Bonchev–Trinajstić information content (AvgIpc) is 2.73. The van der Waals surface area contributed by atoms with Crippen LogP contribution < -0.4 is 10.2 Å². The van der Waals surface area contributed by atoms with Crippen LogP contribution in [0.25, 0.3) is 0 Å². The molecule has 1 aromatic heterocycles. The van der Waals surface area contributed by atoms with Crippen molar-refractivity contribution >= 4 is 17.7 Å². The molecule has 8 heteroatoms. The molecule has 3 heterocycles. The first-order chi connectivity index (χ1) is 14.0. The largest absolute Gasteiger partial charge is 0.481 e. The van der Waals surface area contributed by atoms with E-state index < -0.39 is 5.97 Å². The molecule has 0 spiro atoms. The van der Waals surface area contributed by atoms with Crippen LogP contribution in [0.4, 0.5) is 5.82 Å². The highest BCUT2D eigenvalue weighted by Gasteiger charge is 2.35. The van der Waals surface area contributed by atoms with Crippen molar-refractivity contribution in [2.75, 3.05) is 57.8 Å². The molecule has 160 valence electrons. The zero-order valence-corrected chi connectivity index (χ0v) is 17.5. The Hall–Kier alpha value is -2.19. The monoisotopic (exact) mass is 403 g/mol. The minimum Gasteiger partial charge on any atom is -0.481 e. The van der Waals surface area contributed by atoms with Crippen LogP contribution in [0, 0.1) is 5.92 Å². The van der Waals surface area contributed by atoms with Crippen molar-refractivity contribution in [1.82, 2.24) is 20.1 Å². The lowest BCUT2D eigenvalue weighted by molar-refractivity contribution is -0.137. The summed E-state index contributed by atoms with van der Waals surface area (Å²) in [5.74, 6) is 0.312. The molecule has 2 saturated heterocycles. The van der Waals surface area contributed by atoms with Crippen molar-refractivity contribution in [1.29, 1.82) is 0 Å². The second-order valence-electron chi connectivity index (χ2n) is 8.10. The fourth-order valence-electron chi connectivity index (χ4n) is 4.42. The molecule has 0 saturated carbocycles. The number of carboxylic acids is 1. The number of piperazine rings is 1. The van der Waals surface area contributed by atoms with E-state index in [-0.39, 0.29) is 12.3 Å². The van der Waals surface area contributed by atoms with E-state index in [4.69, 9.17) is 0 Å². The van der Waals surface area contributed by atoms with Crippen LogP contribution in [0.15, 0.2) is 18.3 Å². The Bertz CT molecular complexity index is 688. The topological polar surface area (TPSA) is 89.0 Å². The van der Waals surface area contributed by atoms with Gasteiger partial charge in [-0.2, -0.15) is 0 Å². The fourth-order valence-corrected chi connectivity index (χ4v) is 4.42. The third-order valence-corrected chi connectivity index (χ3v) is 6.10. The van der Waals surface area contributed by atoms with Gasteiger partial charge in [-0.3, -0.25) is 14.5 Å². The Balaban J connectivity index is 1.67. The van der Waals surface area contributed by atoms with Gasteiger partial charge < -0.3 is 20.2 Å². The van der Waals surface area contributed by atoms with Gasteiger partial charge in [0.25, 0.3) is 5.91 Å². The second kappa shape index (κ2) is 10.0. The van der Waals surface area contributed by atoms with Crippen LogP contribution in [0.3, 0.4) is 0 Å². The summed E-state index contributed by atoms with van der Waals surface area (Å²) in [6.45, 7) is 8.40. The number of aromatic nitrogens is 1. The number of carbonyl (C=O) groups excluding carboxylic acids is 1. The van der Waals surface area contributed by atoms with Gasteiger partial charge in [0.15, 0.2) is 0 Å². The average molecular weight is 404 g/mol. The molecular weight excluding hydrogens is 370 g/mol. The molecule has 2 N–H and O–H groups in total. The highest BCUT2D eigenvalue weighted by atomic mass is 16.4. The number of nitrogens with one attached hydrogen (secondary N) is 1. The summed E-state index contributed by atoms with van der Waals surface area (Å²) in [6.07, 6.45) is 3.51. The van der Waals surface area contributed by atoms with Gasteiger partial charge in [0.05, 0.1) is 5.56 Å². The molecule has 1 amide bonds. The Morgan fingerprint density at radius 1 is 1.21 bits per heavy atom. The SMILES string of the molecule is CCNC(=O)c1ccc(N2CC[C@H](N3CCN(C)CC3)[C@H](CCC(=O)O)C2)nc1. The number of rotatable bonds is 7. The van der Waals surface area contributed by atoms with Crippen LogP contribution >= 0.6 is 0 Å². The van der Waals surface area contributed by atoms with Gasteiger partial charge in [0, 0.05) is 64.5 Å². The van der Waals surface area contributed by atoms with E-state index in [1.54, 1.807) is 6.20 Å². The summed E-state index contributed by atoms with van der Waals surface area (Å²) in [6, 6.07) is 4.13. The molecule has 0 aromatic carbocycles. The van der Waals surface area contributed by atoms with Gasteiger partial charge in [0.2, 0.25) is 0 Å². The Morgan fingerprint density at radius 2 is 1.97 bits per heavy atom. The van der Waals surface area contributed by atoms with Crippen molar-refractivity contribution in [3.8, 4) is 0 Å². The van der Waals surface area contributed by atoms with Gasteiger partial charge in [-0.05, 0) is 44.9 Å². The summed E-state index contributed by atoms with van der Waals surface area (Å²) in [7, 11) is 2.15. The molecule has 1 aromatic rings. The second-order valence-corrected chi connectivity index (χ2v) is 8.10. The van der Waals surface area contributed by atoms with E-state index in [9.17, 15) is 14.7 Å². The zero-order chi connectivity index (χ0) is 20.8. The minimum absolute atomic E-state index is 0.111. The number of carboxylic acid groups (broad SMARTS) is 1. The van der Waals surface area contributed by atoms with Crippen molar-refractivity contribution in [2.45, 2.75) is 32.2 Å². The Labute approximate surface area is 172 Å². The normalized spacial score (nSPS) is 23.7. The van der Waals surface area contributed by atoms with Gasteiger partial charge in [-0.25, -0.2) is 4.98 Å². The minimum atomic E-state index is -0.733. The molecule has 2 atom stereocenters. The molecule has 2 aliphatic rings. The van der Waals surface area contributed by atoms with E-state index in [1.807, 2.05) is 19.1 Å². The first-order valence-corrected chi connectivity index (χ1v) is 10.6. The maximum Gasteiger partial charge on any atom is 0.303 e. The summed E-state index contributed by atoms with van der Waals surface area (Å²) in [5, 5.41) is 12.0. The number of hydrogen-bond acceptors (Lipinski definition) is 6. The van der Waals surface area contributed by atoms with Crippen LogP contribution in [-0.4, -0.2) is 90.7 Å². The number of anilines is 1. The maximum absolute atomic E-state index is 11.9. The third-order valence-electron chi connectivity index (χ3n) is 6.10. The van der Waals surface area contributed by atoms with Crippen molar-refractivity contribution in [2.24, 2.45) is 5.92 Å². The van der Waals surface area contributed by atoms with E-state index in [1.165, 1.54) is 0 Å². The van der Waals surface area contributed by atoms with E-state index in [0.717, 1.165) is 51.5 Å². The third kappa shape index (κ3) is 5.67. The summed E-state index contributed by atoms with van der Waals surface area (Å²) >= 11 is 0. The summed E-state index contributed by atoms with van der Waals surface area (Å²) in [4.78, 5) is 34.8. The first-order valence-electron chi connectivity index (χ1n) is 10.6. The van der Waals surface area contributed by atoms with Crippen LogP contribution in [0.1, 0.15) is 36.5 Å². The molecular formula is C21H33N5O3. The lowest BCUT2D eigenvalue weighted by atomic mass is 9.86. The van der Waals surface area contributed by atoms with Crippen LogP contribution in [-0.2, 0) is 4.79 Å². The number of likely N-dealkylation sites (N-methyl/N-ethyl adjacent to an activating group) is 1. The number of aliphatic carboxylic acids is 1. The smallest absolute Gasteiger partial charge is 0.303 e. The Morgan fingerprint density at radius 3 is 2.59 bits per heavy atom. The molecule has 0 radical (unpaired) electrons. The number of hydrogen-bond donors (Lipinski definition) is 2. The fraction of sp³-hybridized carbons (Fsp3) is 0.667. The molecule has 0 unspecified atom stereocenters. The molecule has 0 bridgehead atoms. The number of piperidine rings is 1. The molecule has 0 aliphatic carbocycles. The van der Waals surface area contributed by atoms with Gasteiger partial charge >= 0.3 is 5.97 Å². The van der Waals surface area contributed by atoms with Gasteiger partial charge in [-0.1, -0.05) is 0 Å². The van der Waals surface area contributed by atoms with E-state index in [0.29, 0.717) is 30.5 Å². The zero-order valence-electron chi connectivity index (χ0n) is 17.5. The van der Waals surface area contributed by atoms with Gasteiger partial charge in [-0.15, -0.1) is 0 Å². The van der Waals surface area contributed by atoms with E-state index in [2.05, 4.69) is 32.0 Å². The van der Waals surface area contributed by atoms with E-state index >= 15 is 0 Å². The lowest BCUT2D eigenvalue weighted by Gasteiger charge is -2.46. The molecule has 2 fully saturated rings. The predicted molar refractivity (Wildman–Crippen MR) is 112 cm³/mol. The summed E-state index contributed by atoms with van der Waals surface area (Å²) in [5.41, 5.74) is 0.561. The first kappa shape index (κ1) is 21.5.